The van der Waals surface area contributed by atoms with Crippen molar-refractivity contribution < 1.29 is 10.0 Å². The average Bonchev–Trinajstić information content (AvgIpc) is 2.80. The molecule has 3 rings (SSSR count). The zero-order valence-electron chi connectivity index (χ0n) is 8.81. The Morgan fingerprint density at radius 2 is 2.25 bits per heavy atom. The molecule has 16 heavy (non-hydrogen) atoms. The van der Waals surface area contributed by atoms with Crippen LogP contribution in [0.3, 0.4) is 0 Å². The molecule has 0 radical (unpaired) electrons. The van der Waals surface area contributed by atoms with Crippen LogP contribution < -0.4 is 0 Å². The van der Waals surface area contributed by atoms with Crippen LogP contribution in [0.5, 0.6) is 0 Å². The molecule has 1 aromatic heterocycles. The second-order valence-corrected chi connectivity index (χ2v) is 4.16. The smallest absolute Gasteiger partial charge is 0.310 e. The number of aromatic nitrogens is 4. The lowest BCUT2D eigenvalue weighted by molar-refractivity contribution is -0.0584. The first-order valence-electron chi connectivity index (χ1n) is 5.19. The van der Waals surface area contributed by atoms with E-state index in [9.17, 15) is 10.0 Å². The molecule has 8 nitrogen and oxygen atoms in total. The number of hydroxylamine groups is 2. The highest BCUT2D eigenvalue weighted by molar-refractivity contribution is 5.76. The summed E-state index contributed by atoms with van der Waals surface area (Å²) in [7, 11) is 1.69. The third kappa shape index (κ3) is 1.19. The van der Waals surface area contributed by atoms with Gasteiger partial charge in [0.05, 0.1) is 19.1 Å². The molecule has 2 bridgehead atoms. The van der Waals surface area contributed by atoms with E-state index in [1.165, 1.54) is 4.80 Å². The van der Waals surface area contributed by atoms with Gasteiger partial charge >= 0.3 is 6.03 Å². The van der Waals surface area contributed by atoms with Gasteiger partial charge in [0.25, 0.3) is 0 Å². The van der Waals surface area contributed by atoms with E-state index >= 15 is 0 Å². The van der Waals surface area contributed by atoms with Crippen LogP contribution in [-0.2, 0) is 7.05 Å². The second-order valence-electron chi connectivity index (χ2n) is 4.16. The summed E-state index contributed by atoms with van der Waals surface area (Å²) in [4.78, 5) is 14.7. The van der Waals surface area contributed by atoms with Gasteiger partial charge in [-0.15, -0.1) is 10.2 Å². The number of tetrazole rings is 1. The largest absolute Gasteiger partial charge is 0.344 e. The molecule has 0 spiro atoms. The number of amides is 2. The van der Waals surface area contributed by atoms with E-state index in [2.05, 4.69) is 15.4 Å². The Morgan fingerprint density at radius 1 is 1.44 bits per heavy atom. The molecule has 3 heterocycles. The van der Waals surface area contributed by atoms with Gasteiger partial charge in [-0.1, -0.05) is 0 Å². The lowest BCUT2D eigenvalue weighted by Crippen LogP contribution is -2.34. The Morgan fingerprint density at radius 3 is 2.94 bits per heavy atom. The number of fused-ring (bicyclic) bond motifs is 2. The van der Waals surface area contributed by atoms with Crippen LogP contribution in [0.2, 0.25) is 0 Å². The van der Waals surface area contributed by atoms with E-state index in [-0.39, 0.29) is 18.1 Å². The summed E-state index contributed by atoms with van der Waals surface area (Å²) in [5.41, 5.74) is 0. The molecule has 1 aromatic rings. The van der Waals surface area contributed by atoms with E-state index in [1.54, 1.807) is 11.9 Å². The molecule has 2 amide bonds. The number of piperidine rings is 1. The van der Waals surface area contributed by atoms with Crippen molar-refractivity contribution in [3.63, 3.8) is 0 Å². The lowest BCUT2D eigenvalue weighted by atomic mass is 10.0. The van der Waals surface area contributed by atoms with E-state index in [1.807, 2.05) is 0 Å². The molecule has 0 aliphatic carbocycles. The van der Waals surface area contributed by atoms with Crippen LogP contribution in [0.15, 0.2) is 0 Å². The molecular weight excluding hydrogens is 212 g/mol. The summed E-state index contributed by atoms with van der Waals surface area (Å²) in [6.45, 7) is 0.540. The van der Waals surface area contributed by atoms with Gasteiger partial charge in [-0.3, -0.25) is 5.21 Å². The average molecular weight is 224 g/mol. The molecule has 0 unspecified atom stereocenters. The number of carbonyl (C=O) groups is 1. The minimum Gasteiger partial charge on any atom is -0.310 e. The molecular formula is C8H12N6O2. The summed E-state index contributed by atoms with van der Waals surface area (Å²) >= 11 is 0. The molecule has 86 valence electrons. The SMILES string of the molecule is Cn1nnc([C@H]2CC[C@@H]3CN2C(=O)N3O)n1. The van der Waals surface area contributed by atoms with Gasteiger partial charge in [0.2, 0.25) is 0 Å². The highest BCUT2D eigenvalue weighted by Gasteiger charge is 2.46. The quantitative estimate of drug-likeness (QED) is 0.652. The Hall–Kier alpha value is -1.70. The van der Waals surface area contributed by atoms with Crippen molar-refractivity contribution in [2.24, 2.45) is 7.05 Å². The summed E-state index contributed by atoms with van der Waals surface area (Å²) in [6, 6.07) is -0.602. The highest BCUT2D eigenvalue weighted by atomic mass is 16.5. The normalized spacial score (nSPS) is 29.0. The van der Waals surface area contributed by atoms with Crippen molar-refractivity contribution >= 4 is 6.03 Å². The predicted molar refractivity (Wildman–Crippen MR) is 50.3 cm³/mol. The fourth-order valence-electron chi connectivity index (χ4n) is 2.35. The number of hydrogen-bond acceptors (Lipinski definition) is 5. The second kappa shape index (κ2) is 3.14. The minimum absolute atomic E-state index is 0.0829. The molecule has 8 heteroatoms. The number of hydrogen-bond donors (Lipinski definition) is 1. The van der Waals surface area contributed by atoms with Crippen LogP contribution in [0, 0.1) is 0 Å². The molecule has 0 saturated carbocycles. The van der Waals surface area contributed by atoms with Gasteiger partial charge in [0.1, 0.15) is 0 Å². The van der Waals surface area contributed by atoms with Crippen LogP contribution in [-0.4, -0.2) is 54.0 Å². The fourth-order valence-corrected chi connectivity index (χ4v) is 2.35. The van der Waals surface area contributed by atoms with E-state index < -0.39 is 0 Å². The molecule has 2 fully saturated rings. The summed E-state index contributed by atoms with van der Waals surface area (Å²) in [6.07, 6.45) is 1.53. The molecule has 1 N–H and O–H groups in total. The maximum Gasteiger partial charge on any atom is 0.344 e. The maximum absolute atomic E-state index is 11.7. The van der Waals surface area contributed by atoms with Crippen LogP contribution in [0.4, 0.5) is 4.79 Å². The number of rotatable bonds is 1. The van der Waals surface area contributed by atoms with Gasteiger partial charge in [0, 0.05) is 6.54 Å². The topological polar surface area (TPSA) is 87.4 Å². The molecule has 2 aliphatic rings. The van der Waals surface area contributed by atoms with E-state index in [0.717, 1.165) is 17.9 Å². The predicted octanol–water partition coefficient (Wildman–Crippen LogP) is -0.460. The summed E-state index contributed by atoms with van der Waals surface area (Å²) < 4.78 is 0. The number of carbonyl (C=O) groups excluding carboxylic acids is 1. The van der Waals surface area contributed by atoms with E-state index in [0.29, 0.717) is 12.4 Å². The third-order valence-electron chi connectivity index (χ3n) is 3.17. The van der Waals surface area contributed by atoms with Crippen molar-refractivity contribution in [1.29, 1.82) is 0 Å². The van der Waals surface area contributed by atoms with Gasteiger partial charge in [-0.2, -0.15) is 4.80 Å². The van der Waals surface area contributed by atoms with Crippen LogP contribution in [0.1, 0.15) is 24.7 Å². The van der Waals surface area contributed by atoms with Gasteiger partial charge in [-0.25, -0.2) is 9.86 Å². The zero-order chi connectivity index (χ0) is 11.3. The first-order chi connectivity index (χ1) is 7.66. The van der Waals surface area contributed by atoms with Crippen molar-refractivity contribution in [1.82, 2.24) is 30.2 Å². The van der Waals surface area contributed by atoms with Crippen LogP contribution in [0.25, 0.3) is 0 Å². The fraction of sp³-hybridized carbons (Fsp3) is 0.750. The first kappa shape index (κ1) is 9.52. The number of aryl methyl sites for hydroxylation is 1. The van der Waals surface area contributed by atoms with Crippen LogP contribution >= 0.6 is 0 Å². The Labute approximate surface area is 91.4 Å². The van der Waals surface area contributed by atoms with Gasteiger partial charge < -0.3 is 4.90 Å². The molecule has 0 aromatic carbocycles. The van der Waals surface area contributed by atoms with Crippen molar-refractivity contribution in [2.75, 3.05) is 6.54 Å². The molecule has 2 atom stereocenters. The number of nitrogens with zero attached hydrogens (tertiary/aromatic N) is 6. The standard InChI is InChI=1S/C8H12N6O2/c1-12-10-7(9-11-12)6-3-2-5-4-13(6)8(15)14(5)16/h5-6,16H,2-4H2,1H3/t5-,6-/m1/s1. The zero-order valence-corrected chi connectivity index (χ0v) is 8.81. The first-order valence-corrected chi connectivity index (χ1v) is 5.19. The van der Waals surface area contributed by atoms with Gasteiger partial charge in [0.15, 0.2) is 5.82 Å². The molecule has 2 aliphatic heterocycles. The minimum atomic E-state index is -0.361. The summed E-state index contributed by atoms with van der Waals surface area (Å²) in [5, 5.41) is 22.1. The maximum atomic E-state index is 11.7. The van der Waals surface area contributed by atoms with Gasteiger partial charge in [-0.05, 0) is 18.1 Å². The summed E-state index contributed by atoms with van der Waals surface area (Å²) in [5.74, 6) is 0.546. The van der Waals surface area contributed by atoms with Crippen molar-refractivity contribution in [3.8, 4) is 0 Å². The van der Waals surface area contributed by atoms with Crippen molar-refractivity contribution in [3.05, 3.63) is 5.82 Å². The Balaban J connectivity index is 1.90. The highest BCUT2D eigenvalue weighted by Crippen LogP contribution is 2.35. The Kier molecular flexibility index (Phi) is 1.87. The van der Waals surface area contributed by atoms with Crippen molar-refractivity contribution in [2.45, 2.75) is 24.9 Å². The molecule has 2 saturated heterocycles. The Bertz CT molecular complexity index is 432. The number of urea groups is 1. The third-order valence-corrected chi connectivity index (χ3v) is 3.17. The lowest BCUT2D eigenvalue weighted by Gasteiger charge is -2.27. The monoisotopic (exact) mass is 224 g/mol. The van der Waals surface area contributed by atoms with E-state index in [4.69, 9.17) is 0 Å².